The van der Waals surface area contributed by atoms with Crippen LogP contribution in [0.25, 0.3) is 0 Å². The van der Waals surface area contributed by atoms with Gasteiger partial charge in [0.05, 0.1) is 18.2 Å². The molecule has 0 spiro atoms. The minimum atomic E-state index is -0.351. The average molecular weight is 335 g/mol. The van der Waals surface area contributed by atoms with Gasteiger partial charge in [0.15, 0.2) is 0 Å². The lowest BCUT2D eigenvalue weighted by molar-refractivity contribution is 0.100. The number of nitrogens with zero attached hydrogens (tertiary/aromatic N) is 3. The Bertz CT molecular complexity index is 800. The van der Waals surface area contributed by atoms with Gasteiger partial charge in [0.2, 0.25) is 0 Å². The van der Waals surface area contributed by atoms with Crippen molar-refractivity contribution in [2.45, 2.75) is 19.7 Å². The lowest BCUT2D eigenvalue weighted by Crippen LogP contribution is -2.27. The van der Waals surface area contributed by atoms with Gasteiger partial charge < -0.3 is 14.2 Å². The van der Waals surface area contributed by atoms with Crippen molar-refractivity contribution >= 4 is 6.09 Å². The second kappa shape index (κ2) is 8.15. The Labute approximate surface area is 147 Å². The molecule has 0 aliphatic carbocycles. The molecule has 0 aliphatic rings. The molecule has 0 bridgehead atoms. The normalized spacial score (nSPS) is 10.4. The number of aromatic nitrogens is 2. The number of hydrogen-bond donors (Lipinski definition) is 0. The molecule has 0 saturated heterocycles. The molecule has 1 heterocycles. The highest BCUT2D eigenvalue weighted by molar-refractivity contribution is 5.67. The van der Waals surface area contributed by atoms with E-state index in [9.17, 15) is 4.79 Å². The summed E-state index contributed by atoms with van der Waals surface area (Å²) >= 11 is 0. The van der Waals surface area contributed by atoms with Gasteiger partial charge in [-0.25, -0.2) is 9.78 Å². The summed E-state index contributed by atoms with van der Waals surface area (Å²) in [5.74, 6) is 0. The molecule has 5 heteroatoms. The molecule has 25 heavy (non-hydrogen) atoms. The standard InChI is InChI=1S/C20H21N3O2/c1-22(13-17-8-4-2-5-9-17)20(24)25-15-19-12-21-16-23(19)14-18-10-6-3-7-11-18/h2-12,16H,13-15H2,1H3. The van der Waals surface area contributed by atoms with Gasteiger partial charge >= 0.3 is 6.09 Å². The molecule has 0 aliphatic heterocycles. The first-order valence-electron chi connectivity index (χ1n) is 8.17. The van der Waals surface area contributed by atoms with Crippen LogP contribution < -0.4 is 0 Å². The summed E-state index contributed by atoms with van der Waals surface area (Å²) in [5.41, 5.74) is 3.11. The van der Waals surface area contributed by atoms with Crippen molar-refractivity contribution in [1.82, 2.24) is 14.5 Å². The van der Waals surface area contributed by atoms with Gasteiger partial charge in [-0.15, -0.1) is 0 Å². The Hall–Kier alpha value is -3.08. The van der Waals surface area contributed by atoms with Crippen molar-refractivity contribution in [1.29, 1.82) is 0 Å². The molecule has 3 aromatic rings. The van der Waals surface area contributed by atoms with E-state index in [0.29, 0.717) is 13.1 Å². The SMILES string of the molecule is CN(Cc1ccccc1)C(=O)OCc1cncn1Cc1ccccc1. The number of hydrogen-bond acceptors (Lipinski definition) is 3. The van der Waals surface area contributed by atoms with Crippen LogP contribution >= 0.6 is 0 Å². The van der Waals surface area contributed by atoms with Gasteiger partial charge in [-0.1, -0.05) is 60.7 Å². The summed E-state index contributed by atoms with van der Waals surface area (Å²) in [6.45, 7) is 1.42. The maximum absolute atomic E-state index is 12.2. The van der Waals surface area contributed by atoms with E-state index in [1.807, 2.05) is 53.1 Å². The van der Waals surface area contributed by atoms with Crippen LogP contribution in [0.15, 0.2) is 73.2 Å². The van der Waals surface area contributed by atoms with Gasteiger partial charge in [-0.05, 0) is 11.1 Å². The number of carbonyl (C=O) groups excluding carboxylic acids is 1. The van der Waals surface area contributed by atoms with Gasteiger partial charge in [-0.3, -0.25) is 0 Å². The molecule has 0 saturated carbocycles. The molecule has 0 radical (unpaired) electrons. The fourth-order valence-electron chi connectivity index (χ4n) is 2.56. The minimum absolute atomic E-state index is 0.199. The van der Waals surface area contributed by atoms with Gasteiger partial charge in [-0.2, -0.15) is 0 Å². The van der Waals surface area contributed by atoms with Gasteiger partial charge in [0, 0.05) is 20.1 Å². The highest BCUT2D eigenvalue weighted by atomic mass is 16.6. The van der Waals surface area contributed by atoms with Crippen LogP contribution in [0.3, 0.4) is 0 Å². The molecule has 2 aromatic carbocycles. The second-order valence-corrected chi connectivity index (χ2v) is 5.89. The summed E-state index contributed by atoms with van der Waals surface area (Å²) in [6, 6.07) is 19.9. The quantitative estimate of drug-likeness (QED) is 0.690. The lowest BCUT2D eigenvalue weighted by atomic mass is 10.2. The predicted octanol–water partition coefficient (Wildman–Crippen LogP) is 3.70. The first-order valence-corrected chi connectivity index (χ1v) is 8.17. The third-order valence-corrected chi connectivity index (χ3v) is 3.91. The van der Waals surface area contributed by atoms with Crippen LogP contribution in [-0.4, -0.2) is 27.6 Å². The predicted molar refractivity (Wildman–Crippen MR) is 95.9 cm³/mol. The summed E-state index contributed by atoms with van der Waals surface area (Å²) in [4.78, 5) is 17.9. The maximum atomic E-state index is 12.2. The van der Waals surface area contributed by atoms with Gasteiger partial charge in [0.1, 0.15) is 6.61 Å². The first kappa shape index (κ1) is 16.8. The number of imidazole rings is 1. The minimum Gasteiger partial charge on any atom is -0.443 e. The van der Waals surface area contributed by atoms with Crippen molar-refractivity contribution < 1.29 is 9.53 Å². The van der Waals surface area contributed by atoms with Gasteiger partial charge in [0.25, 0.3) is 0 Å². The molecule has 5 nitrogen and oxygen atoms in total. The fraction of sp³-hybridized carbons (Fsp3) is 0.200. The zero-order chi connectivity index (χ0) is 17.5. The van der Waals surface area contributed by atoms with Crippen molar-refractivity contribution in [3.63, 3.8) is 0 Å². The van der Waals surface area contributed by atoms with Crippen LogP contribution in [0.1, 0.15) is 16.8 Å². The third-order valence-electron chi connectivity index (χ3n) is 3.91. The van der Waals surface area contributed by atoms with Crippen LogP contribution in [0.4, 0.5) is 4.79 Å². The fourth-order valence-corrected chi connectivity index (χ4v) is 2.56. The molecule has 1 aromatic heterocycles. The average Bonchev–Trinajstić information content (AvgIpc) is 3.08. The molecular formula is C20H21N3O2. The van der Waals surface area contributed by atoms with E-state index in [0.717, 1.165) is 11.3 Å². The zero-order valence-corrected chi connectivity index (χ0v) is 14.2. The number of rotatable bonds is 6. The van der Waals surface area contributed by atoms with Crippen molar-refractivity contribution in [3.05, 3.63) is 90.0 Å². The molecule has 128 valence electrons. The topological polar surface area (TPSA) is 47.4 Å². The molecule has 0 unspecified atom stereocenters. The molecule has 1 amide bonds. The Morgan fingerprint density at radius 2 is 1.68 bits per heavy atom. The second-order valence-electron chi connectivity index (χ2n) is 5.89. The van der Waals surface area contributed by atoms with Crippen LogP contribution in [0.5, 0.6) is 0 Å². The van der Waals surface area contributed by atoms with E-state index in [1.54, 1.807) is 24.5 Å². The summed E-state index contributed by atoms with van der Waals surface area (Å²) in [6.07, 6.45) is 3.13. The smallest absolute Gasteiger partial charge is 0.410 e. The van der Waals surface area contributed by atoms with E-state index in [2.05, 4.69) is 17.1 Å². The molecule has 0 N–H and O–H groups in total. The van der Waals surface area contributed by atoms with E-state index in [-0.39, 0.29) is 12.7 Å². The Kier molecular flexibility index (Phi) is 5.46. The van der Waals surface area contributed by atoms with Crippen molar-refractivity contribution in [2.75, 3.05) is 7.05 Å². The summed E-state index contributed by atoms with van der Waals surface area (Å²) < 4.78 is 7.41. The largest absolute Gasteiger partial charge is 0.443 e. The Morgan fingerprint density at radius 1 is 1.04 bits per heavy atom. The molecule has 0 atom stereocenters. The highest BCUT2D eigenvalue weighted by Gasteiger charge is 2.12. The molecular weight excluding hydrogens is 314 g/mol. The maximum Gasteiger partial charge on any atom is 0.410 e. The zero-order valence-electron chi connectivity index (χ0n) is 14.2. The number of carbonyl (C=O) groups is 1. The van der Waals surface area contributed by atoms with Crippen molar-refractivity contribution in [2.24, 2.45) is 0 Å². The number of ether oxygens (including phenoxy) is 1. The van der Waals surface area contributed by atoms with Crippen LogP contribution in [0, 0.1) is 0 Å². The van der Waals surface area contributed by atoms with Crippen molar-refractivity contribution in [3.8, 4) is 0 Å². The van der Waals surface area contributed by atoms with Crippen LogP contribution in [-0.2, 0) is 24.4 Å². The number of benzene rings is 2. The number of amides is 1. The van der Waals surface area contributed by atoms with E-state index in [4.69, 9.17) is 4.74 Å². The first-order chi connectivity index (χ1) is 12.2. The third kappa shape index (κ3) is 4.70. The monoisotopic (exact) mass is 335 g/mol. The summed E-state index contributed by atoms with van der Waals surface area (Å²) in [7, 11) is 1.73. The molecule has 3 rings (SSSR count). The highest BCUT2D eigenvalue weighted by Crippen LogP contribution is 2.09. The van der Waals surface area contributed by atoms with E-state index in [1.165, 1.54) is 5.56 Å². The Morgan fingerprint density at radius 3 is 2.36 bits per heavy atom. The Balaban J connectivity index is 1.55. The molecule has 0 fully saturated rings. The van der Waals surface area contributed by atoms with E-state index >= 15 is 0 Å². The summed E-state index contributed by atoms with van der Waals surface area (Å²) in [5, 5.41) is 0. The van der Waals surface area contributed by atoms with Crippen LogP contribution in [0.2, 0.25) is 0 Å². The van der Waals surface area contributed by atoms with E-state index < -0.39 is 0 Å². The lowest BCUT2D eigenvalue weighted by Gasteiger charge is -2.17.